The molecule has 2 aromatic heterocycles. The molecule has 0 aliphatic carbocycles. The van der Waals surface area contributed by atoms with Crippen LogP contribution in [0.25, 0.3) is 11.1 Å². The highest BCUT2D eigenvalue weighted by molar-refractivity contribution is 7.89. The van der Waals surface area contributed by atoms with Crippen molar-refractivity contribution < 1.29 is 8.42 Å². The van der Waals surface area contributed by atoms with E-state index in [1.54, 1.807) is 12.3 Å². The van der Waals surface area contributed by atoms with Crippen molar-refractivity contribution in [2.75, 3.05) is 0 Å². The van der Waals surface area contributed by atoms with Gasteiger partial charge < -0.3 is 0 Å². The number of sulfonamides is 1. The zero-order valence-electron chi connectivity index (χ0n) is 10.7. The van der Waals surface area contributed by atoms with E-state index in [9.17, 15) is 8.42 Å². The molecule has 0 atom stereocenters. The lowest BCUT2D eigenvalue weighted by Gasteiger charge is -2.07. The molecule has 0 aliphatic heterocycles. The van der Waals surface area contributed by atoms with Crippen LogP contribution in [-0.4, -0.2) is 18.4 Å². The summed E-state index contributed by atoms with van der Waals surface area (Å²) in [5, 5.41) is 4.88. The molecule has 0 amide bonds. The van der Waals surface area contributed by atoms with Crippen molar-refractivity contribution in [1.82, 2.24) is 9.97 Å². The second-order valence-corrected chi connectivity index (χ2v) is 6.06. The Hall–Kier alpha value is -1.79. The first-order chi connectivity index (χ1) is 8.88. The average molecular weight is 277 g/mol. The van der Waals surface area contributed by atoms with Gasteiger partial charge in [-0.1, -0.05) is 13.8 Å². The van der Waals surface area contributed by atoms with Gasteiger partial charge in [0.15, 0.2) is 5.03 Å². The molecule has 0 saturated heterocycles. The van der Waals surface area contributed by atoms with E-state index < -0.39 is 10.0 Å². The third-order valence-corrected chi connectivity index (χ3v) is 3.56. The molecule has 0 fully saturated rings. The molecule has 0 aliphatic rings. The Morgan fingerprint density at radius 3 is 2.37 bits per heavy atom. The fourth-order valence-electron chi connectivity index (χ4n) is 1.66. The van der Waals surface area contributed by atoms with Crippen LogP contribution >= 0.6 is 0 Å². The highest BCUT2D eigenvalue weighted by Gasteiger charge is 2.10. The highest BCUT2D eigenvalue weighted by Crippen LogP contribution is 2.22. The Morgan fingerprint density at radius 1 is 1.11 bits per heavy atom. The predicted octanol–water partition coefficient (Wildman–Crippen LogP) is 1.91. The van der Waals surface area contributed by atoms with Crippen LogP contribution in [-0.2, 0) is 10.0 Å². The molecule has 100 valence electrons. The van der Waals surface area contributed by atoms with Crippen molar-refractivity contribution in [2.45, 2.75) is 24.8 Å². The summed E-state index contributed by atoms with van der Waals surface area (Å²) < 4.78 is 22.3. The van der Waals surface area contributed by atoms with E-state index in [2.05, 4.69) is 23.8 Å². The second kappa shape index (κ2) is 5.07. The molecule has 0 radical (unpaired) electrons. The molecule has 0 unspecified atom stereocenters. The summed E-state index contributed by atoms with van der Waals surface area (Å²) in [6.45, 7) is 4.13. The molecule has 19 heavy (non-hydrogen) atoms. The van der Waals surface area contributed by atoms with Gasteiger partial charge >= 0.3 is 0 Å². The number of rotatable bonds is 3. The van der Waals surface area contributed by atoms with E-state index >= 15 is 0 Å². The number of hydrogen-bond donors (Lipinski definition) is 1. The molecular weight excluding hydrogens is 262 g/mol. The summed E-state index contributed by atoms with van der Waals surface area (Å²) in [4.78, 5) is 8.15. The van der Waals surface area contributed by atoms with Gasteiger partial charge in [-0.2, -0.15) is 0 Å². The van der Waals surface area contributed by atoms with Gasteiger partial charge in [0, 0.05) is 23.7 Å². The summed E-state index contributed by atoms with van der Waals surface area (Å²) in [6, 6.07) is 6.92. The highest BCUT2D eigenvalue weighted by atomic mass is 32.2. The summed E-state index contributed by atoms with van der Waals surface area (Å²) in [7, 11) is -3.75. The monoisotopic (exact) mass is 277 g/mol. The molecule has 5 nitrogen and oxygen atoms in total. The van der Waals surface area contributed by atoms with Gasteiger partial charge in [-0.05, 0) is 35.7 Å². The summed E-state index contributed by atoms with van der Waals surface area (Å²) in [6.07, 6.45) is 3.23. The van der Waals surface area contributed by atoms with E-state index in [0.717, 1.165) is 16.8 Å². The first-order valence-corrected chi connectivity index (χ1v) is 7.38. The zero-order chi connectivity index (χ0) is 14.0. The van der Waals surface area contributed by atoms with E-state index in [1.165, 1.54) is 12.3 Å². The van der Waals surface area contributed by atoms with Crippen molar-refractivity contribution >= 4 is 10.0 Å². The van der Waals surface area contributed by atoms with Crippen LogP contribution < -0.4 is 5.14 Å². The second-order valence-electron chi connectivity index (χ2n) is 4.55. The van der Waals surface area contributed by atoms with Gasteiger partial charge in [-0.25, -0.2) is 18.5 Å². The third-order valence-electron chi connectivity index (χ3n) is 2.73. The molecule has 2 rings (SSSR count). The van der Waals surface area contributed by atoms with E-state index in [4.69, 9.17) is 5.14 Å². The molecule has 0 aromatic carbocycles. The average Bonchev–Trinajstić information content (AvgIpc) is 2.38. The van der Waals surface area contributed by atoms with Crippen LogP contribution in [0.2, 0.25) is 0 Å². The van der Waals surface area contributed by atoms with E-state index in [0.29, 0.717) is 5.92 Å². The van der Waals surface area contributed by atoms with Gasteiger partial charge in [-0.3, -0.25) is 4.98 Å². The van der Waals surface area contributed by atoms with Crippen LogP contribution in [0.4, 0.5) is 0 Å². The fourth-order valence-corrected chi connectivity index (χ4v) is 2.12. The van der Waals surface area contributed by atoms with Gasteiger partial charge in [0.1, 0.15) is 0 Å². The maximum Gasteiger partial charge on any atom is 0.255 e. The molecule has 0 bridgehead atoms. The van der Waals surface area contributed by atoms with Crippen LogP contribution in [0.15, 0.2) is 41.7 Å². The Balaban J connectivity index is 2.40. The van der Waals surface area contributed by atoms with Crippen molar-refractivity contribution in [3.05, 3.63) is 42.4 Å². The molecule has 2 N–H and O–H groups in total. The molecule has 2 aromatic rings. The first-order valence-electron chi connectivity index (χ1n) is 5.83. The molecular formula is C13H15N3O2S. The van der Waals surface area contributed by atoms with Gasteiger partial charge in [0.2, 0.25) is 0 Å². The topological polar surface area (TPSA) is 85.9 Å². The number of aromatic nitrogens is 2. The predicted molar refractivity (Wildman–Crippen MR) is 72.9 cm³/mol. The van der Waals surface area contributed by atoms with E-state index in [1.807, 2.05) is 12.1 Å². The van der Waals surface area contributed by atoms with Crippen molar-refractivity contribution in [1.29, 1.82) is 0 Å². The van der Waals surface area contributed by atoms with Crippen LogP contribution in [0.5, 0.6) is 0 Å². The zero-order valence-corrected chi connectivity index (χ0v) is 11.6. The van der Waals surface area contributed by atoms with Gasteiger partial charge in [0.05, 0.1) is 0 Å². The van der Waals surface area contributed by atoms with Crippen molar-refractivity contribution in [3.8, 4) is 11.1 Å². The number of pyridine rings is 2. The maximum absolute atomic E-state index is 11.1. The largest absolute Gasteiger partial charge is 0.261 e. The van der Waals surface area contributed by atoms with Gasteiger partial charge in [0.25, 0.3) is 10.0 Å². The molecule has 6 heteroatoms. The molecule has 2 heterocycles. The lowest BCUT2D eigenvalue weighted by atomic mass is 10.0. The first kappa shape index (κ1) is 13.6. The number of primary sulfonamides is 1. The minimum absolute atomic E-state index is 0.130. The van der Waals surface area contributed by atoms with E-state index in [-0.39, 0.29) is 5.03 Å². The van der Waals surface area contributed by atoms with Crippen molar-refractivity contribution in [3.63, 3.8) is 0 Å². The quantitative estimate of drug-likeness (QED) is 0.928. The Morgan fingerprint density at radius 2 is 1.84 bits per heavy atom. The number of hydrogen-bond acceptors (Lipinski definition) is 4. The smallest absolute Gasteiger partial charge is 0.255 e. The van der Waals surface area contributed by atoms with Crippen LogP contribution in [0.1, 0.15) is 25.5 Å². The summed E-state index contributed by atoms with van der Waals surface area (Å²) >= 11 is 0. The lowest BCUT2D eigenvalue weighted by molar-refractivity contribution is 0.594. The lowest BCUT2D eigenvalue weighted by Crippen LogP contribution is -2.13. The summed E-state index contributed by atoms with van der Waals surface area (Å²) in [5.41, 5.74) is 2.76. The van der Waals surface area contributed by atoms with Gasteiger partial charge in [-0.15, -0.1) is 0 Å². The summed E-state index contributed by atoms with van der Waals surface area (Å²) in [5.74, 6) is 0.330. The SMILES string of the molecule is CC(C)c1cc(-c2ccc(S(N)(=O)=O)nc2)ccn1. The maximum atomic E-state index is 11.1. The number of nitrogens with zero attached hydrogens (tertiary/aromatic N) is 2. The minimum Gasteiger partial charge on any atom is -0.261 e. The Bertz CT molecular complexity index is 679. The molecule has 0 spiro atoms. The Labute approximate surface area is 112 Å². The van der Waals surface area contributed by atoms with Crippen LogP contribution in [0.3, 0.4) is 0 Å². The molecule has 0 saturated carbocycles. The fraction of sp³-hybridized carbons (Fsp3) is 0.231. The number of nitrogens with two attached hydrogens (primary N) is 1. The third kappa shape index (κ3) is 3.15. The Kier molecular flexibility index (Phi) is 3.64. The normalized spacial score (nSPS) is 11.8. The minimum atomic E-state index is -3.75. The standard InChI is InChI=1S/C13H15N3O2S/c1-9(2)12-7-10(5-6-15-12)11-3-4-13(16-8-11)19(14,17)18/h3-9H,1-2H3,(H2,14,17,18). The van der Waals surface area contributed by atoms with Crippen molar-refractivity contribution in [2.24, 2.45) is 5.14 Å². The van der Waals surface area contributed by atoms with Crippen LogP contribution in [0, 0.1) is 0 Å².